The van der Waals surface area contributed by atoms with Crippen LogP contribution in [0, 0.1) is 5.41 Å². The first-order valence-corrected chi connectivity index (χ1v) is 9.65. The molecule has 2 aromatic rings. The Bertz CT molecular complexity index is 778. The van der Waals surface area contributed by atoms with Gasteiger partial charge in [0.2, 0.25) is 6.29 Å². The second-order valence-corrected chi connectivity index (χ2v) is 8.08. The maximum absolute atomic E-state index is 12.4. The van der Waals surface area contributed by atoms with Crippen molar-refractivity contribution in [1.82, 2.24) is 0 Å². The van der Waals surface area contributed by atoms with Crippen molar-refractivity contribution in [2.24, 2.45) is 5.41 Å². The molecule has 0 atom stereocenters. The van der Waals surface area contributed by atoms with Gasteiger partial charge in [-0.25, -0.2) is 9.59 Å². The van der Waals surface area contributed by atoms with E-state index in [1.165, 1.54) is 24.3 Å². The summed E-state index contributed by atoms with van der Waals surface area (Å²) in [6.45, 7) is 6.42. The zero-order chi connectivity index (χ0) is 21.4. The summed E-state index contributed by atoms with van der Waals surface area (Å²) in [7, 11) is 0. The van der Waals surface area contributed by atoms with Gasteiger partial charge in [0.25, 0.3) is 0 Å². The number of phenolic OH excluding ortho intramolecular Hbond substituents is 2. The zero-order valence-electron chi connectivity index (χ0n) is 17.1. The number of hydrogen-bond donors (Lipinski definition) is 2. The van der Waals surface area contributed by atoms with Gasteiger partial charge in [-0.15, -0.1) is 0 Å². The van der Waals surface area contributed by atoms with Crippen LogP contribution in [-0.4, -0.2) is 28.4 Å². The molecule has 6 nitrogen and oxygen atoms in total. The number of benzene rings is 2. The van der Waals surface area contributed by atoms with E-state index in [4.69, 9.17) is 9.47 Å². The van der Waals surface area contributed by atoms with Crippen LogP contribution >= 0.6 is 0 Å². The van der Waals surface area contributed by atoms with Crippen molar-refractivity contribution in [3.8, 4) is 11.5 Å². The van der Waals surface area contributed by atoms with Gasteiger partial charge in [0.05, 0.1) is 0 Å². The molecule has 29 heavy (non-hydrogen) atoms. The fourth-order valence-corrected chi connectivity index (χ4v) is 2.77. The Labute approximate surface area is 171 Å². The van der Waals surface area contributed by atoms with Gasteiger partial charge in [0, 0.05) is 6.42 Å². The minimum absolute atomic E-state index is 0.00852. The number of hydrogen-bond acceptors (Lipinski definition) is 6. The van der Waals surface area contributed by atoms with Gasteiger partial charge in [-0.2, -0.15) is 0 Å². The molecule has 0 aliphatic heterocycles. The predicted octanol–water partition coefficient (Wildman–Crippen LogP) is 5.04. The van der Waals surface area contributed by atoms with Crippen LogP contribution in [0.1, 0.15) is 67.2 Å². The first-order chi connectivity index (χ1) is 13.7. The van der Waals surface area contributed by atoms with Crippen molar-refractivity contribution < 1.29 is 29.3 Å². The second kappa shape index (κ2) is 9.96. The first kappa shape index (κ1) is 22.3. The Morgan fingerprint density at radius 3 is 1.69 bits per heavy atom. The monoisotopic (exact) mass is 400 g/mol. The predicted molar refractivity (Wildman–Crippen MR) is 109 cm³/mol. The highest BCUT2D eigenvalue weighted by atomic mass is 16.7. The largest absolute Gasteiger partial charge is 0.507 e. The lowest BCUT2D eigenvalue weighted by Gasteiger charge is -2.21. The van der Waals surface area contributed by atoms with E-state index in [1.54, 1.807) is 24.3 Å². The molecule has 0 spiro atoms. The number of ether oxygens (including phenoxy) is 2. The maximum Gasteiger partial charge on any atom is 0.344 e. The maximum atomic E-state index is 12.4. The van der Waals surface area contributed by atoms with Crippen molar-refractivity contribution in [3.63, 3.8) is 0 Å². The average molecular weight is 400 g/mol. The highest BCUT2D eigenvalue weighted by Crippen LogP contribution is 2.25. The minimum atomic E-state index is -1.13. The lowest BCUT2D eigenvalue weighted by molar-refractivity contribution is -0.0841. The normalized spacial score (nSPS) is 11.3. The summed E-state index contributed by atoms with van der Waals surface area (Å²) in [5.74, 6) is -1.99. The lowest BCUT2D eigenvalue weighted by Crippen LogP contribution is -2.25. The summed E-state index contributed by atoms with van der Waals surface area (Å²) in [5.41, 5.74) is 0.158. The summed E-state index contributed by atoms with van der Waals surface area (Å²) in [5, 5.41) is 19.7. The average Bonchev–Trinajstić information content (AvgIpc) is 2.65. The molecule has 2 N–H and O–H groups in total. The number of unbranched alkanes of at least 4 members (excludes halogenated alkanes) is 1. The lowest BCUT2D eigenvalue weighted by atomic mass is 9.89. The molecule has 0 heterocycles. The number of carbonyl (C=O) groups is 2. The van der Waals surface area contributed by atoms with Gasteiger partial charge >= 0.3 is 11.9 Å². The van der Waals surface area contributed by atoms with Gasteiger partial charge in [0.1, 0.15) is 22.6 Å². The third kappa shape index (κ3) is 7.14. The Hall–Kier alpha value is -3.02. The van der Waals surface area contributed by atoms with Crippen LogP contribution in [0.25, 0.3) is 0 Å². The molecule has 0 amide bonds. The number of para-hydroxylation sites is 2. The molecule has 0 aliphatic carbocycles. The van der Waals surface area contributed by atoms with Crippen molar-refractivity contribution in [3.05, 3.63) is 59.7 Å². The Morgan fingerprint density at radius 2 is 1.28 bits per heavy atom. The van der Waals surface area contributed by atoms with Crippen LogP contribution in [0.5, 0.6) is 11.5 Å². The number of aromatic hydroxyl groups is 2. The van der Waals surface area contributed by atoms with Gasteiger partial charge < -0.3 is 19.7 Å². The smallest absolute Gasteiger partial charge is 0.344 e. The highest BCUT2D eigenvalue weighted by molar-refractivity contribution is 5.93. The minimum Gasteiger partial charge on any atom is -0.507 e. The zero-order valence-corrected chi connectivity index (χ0v) is 17.1. The standard InChI is InChI=1S/C23H28O6/c1-23(2,3)15-9-8-14-20(28-21(26)16-10-4-6-12-18(16)24)29-22(27)17-11-5-7-13-19(17)25/h4-7,10-13,20,24-25H,8-9,14-15H2,1-3H3. The van der Waals surface area contributed by atoms with E-state index in [0.717, 1.165) is 12.8 Å². The molecule has 156 valence electrons. The van der Waals surface area contributed by atoms with Crippen molar-refractivity contribution in [2.75, 3.05) is 0 Å². The van der Waals surface area contributed by atoms with Crippen LogP contribution in [0.4, 0.5) is 0 Å². The molecular weight excluding hydrogens is 372 g/mol. The van der Waals surface area contributed by atoms with Crippen molar-refractivity contribution in [1.29, 1.82) is 0 Å². The third-order valence-corrected chi connectivity index (χ3v) is 4.34. The number of phenols is 2. The summed E-state index contributed by atoms with van der Waals surface area (Å²) in [6.07, 6.45) is 1.72. The molecule has 2 aromatic carbocycles. The molecule has 0 unspecified atom stereocenters. The molecule has 0 radical (unpaired) electrons. The van der Waals surface area contributed by atoms with E-state index in [2.05, 4.69) is 20.8 Å². The molecule has 0 fully saturated rings. The SMILES string of the molecule is CC(C)(C)CCCCC(OC(=O)c1ccccc1O)OC(=O)c1ccccc1O. The third-order valence-electron chi connectivity index (χ3n) is 4.34. The van der Waals surface area contributed by atoms with E-state index < -0.39 is 18.2 Å². The molecule has 2 rings (SSSR count). The topological polar surface area (TPSA) is 93.1 Å². The van der Waals surface area contributed by atoms with Gasteiger partial charge in [0.15, 0.2) is 0 Å². The van der Waals surface area contributed by atoms with E-state index >= 15 is 0 Å². The van der Waals surface area contributed by atoms with Gasteiger partial charge in [-0.1, -0.05) is 51.5 Å². The van der Waals surface area contributed by atoms with Crippen LogP contribution in [0.15, 0.2) is 48.5 Å². The van der Waals surface area contributed by atoms with Gasteiger partial charge in [-0.05, 0) is 42.5 Å². The Morgan fingerprint density at radius 1 is 0.828 bits per heavy atom. The summed E-state index contributed by atoms with van der Waals surface area (Å²) in [4.78, 5) is 24.9. The van der Waals surface area contributed by atoms with E-state index in [1.807, 2.05) is 0 Å². The fourth-order valence-electron chi connectivity index (χ4n) is 2.77. The van der Waals surface area contributed by atoms with E-state index in [9.17, 15) is 19.8 Å². The first-order valence-electron chi connectivity index (χ1n) is 9.65. The van der Waals surface area contributed by atoms with Crippen molar-refractivity contribution in [2.45, 2.75) is 52.7 Å². The Balaban J connectivity index is 2.08. The molecule has 0 saturated heterocycles. The molecule has 0 bridgehead atoms. The molecule has 0 aliphatic rings. The molecular formula is C23H28O6. The molecule has 6 heteroatoms. The number of carbonyl (C=O) groups excluding carboxylic acids is 2. The van der Waals surface area contributed by atoms with Crippen molar-refractivity contribution >= 4 is 11.9 Å². The van der Waals surface area contributed by atoms with Crippen LogP contribution in [0.3, 0.4) is 0 Å². The van der Waals surface area contributed by atoms with Crippen LogP contribution in [-0.2, 0) is 9.47 Å². The quantitative estimate of drug-likeness (QED) is 0.366. The number of esters is 2. The Kier molecular flexibility index (Phi) is 7.65. The highest BCUT2D eigenvalue weighted by Gasteiger charge is 2.24. The van der Waals surface area contributed by atoms with Crippen LogP contribution < -0.4 is 0 Å². The molecule has 0 aromatic heterocycles. The molecule has 0 saturated carbocycles. The summed E-state index contributed by atoms with van der Waals surface area (Å²) >= 11 is 0. The fraction of sp³-hybridized carbons (Fsp3) is 0.391. The second-order valence-electron chi connectivity index (χ2n) is 8.08. The number of rotatable bonds is 8. The van der Waals surface area contributed by atoms with E-state index in [-0.39, 0.29) is 28.0 Å². The van der Waals surface area contributed by atoms with Gasteiger partial charge in [-0.3, -0.25) is 0 Å². The van der Waals surface area contributed by atoms with Crippen LogP contribution in [0.2, 0.25) is 0 Å². The van der Waals surface area contributed by atoms with E-state index in [0.29, 0.717) is 12.8 Å². The summed E-state index contributed by atoms with van der Waals surface area (Å²) < 4.78 is 10.7. The summed E-state index contributed by atoms with van der Waals surface area (Å²) in [6, 6.07) is 12.0.